The molecule has 96 valence electrons. The van der Waals surface area contributed by atoms with E-state index in [9.17, 15) is 0 Å². The van der Waals surface area contributed by atoms with Gasteiger partial charge in [-0.25, -0.2) is 0 Å². The second kappa shape index (κ2) is 5.29. The maximum Gasteiger partial charge on any atom is 0.0622 e. The fraction of sp³-hybridized carbons (Fsp3) is 0.133. The van der Waals surface area contributed by atoms with E-state index >= 15 is 0 Å². The quantitative estimate of drug-likeness (QED) is 0.785. The largest absolute Gasteiger partial charge is 0.324 e. The Morgan fingerprint density at radius 2 is 2.11 bits per heavy atom. The van der Waals surface area contributed by atoms with Gasteiger partial charge in [0.15, 0.2) is 0 Å². The van der Waals surface area contributed by atoms with Crippen molar-refractivity contribution in [2.24, 2.45) is 5.73 Å². The van der Waals surface area contributed by atoms with Crippen molar-refractivity contribution in [1.82, 2.24) is 4.98 Å². The molecule has 0 aliphatic heterocycles. The lowest BCUT2D eigenvalue weighted by Crippen LogP contribution is -2.13. The minimum atomic E-state index is -0.0453. The summed E-state index contributed by atoms with van der Waals surface area (Å²) in [7, 11) is 0. The van der Waals surface area contributed by atoms with Crippen LogP contribution < -0.4 is 5.73 Å². The molecule has 0 bridgehead atoms. The summed E-state index contributed by atoms with van der Waals surface area (Å²) in [4.78, 5) is 3.99. The average Bonchev–Trinajstić information content (AvgIpc) is 2.85. The maximum absolute atomic E-state index is 6.33. The molecule has 2 N–H and O–H groups in total. The van der Waals surface area contributed by atoms with Crippen molar-refractivity contribution < 1.29 is 0 Å². The van der Waals surface area contributed by atoms with Gasteiger partial charge >= 0.3 is 0 Å². The Morgan fingerprint density at radius 3 is 2.95 bits per heavy atom. The minimum Gasteiger partial charge on any atom is -0.324 e. The Labute approximate surface area is 120 Å². The van der Waals surface area contributed by atoms with Gasteiger partial charge in [-0.3, -0.25) is 4.98 Å². The molecule has 1 unspecified atom stereocenters. The molecule has 0 saturated carbocycles. The number of benzene rings is 1. The van der Waals surface area contributed by atoms with Crippen LogP contribution in [-0.2, 0) is 6.42 Å². The van der Waals surface area contributed by atoms with Crippen LogP contribution in [0.5, 0.6) is 0 Å². The highest BCUT2D eigenvalue weighted by molar-refractivity contribution is 7.17. The van der Waals surface area contributed by atoms with Crippen molar-refractivity contribution in [2.45, 2.75) is 12.5 Å². The third-order valence-electron chi connectivity index (χ3n) is 3.21. The van der Waals surface area contributed by atoms with E-state index in [1.54, 1.807) is 23.7 Å². The molecule has 2 nitrogen and oxygen atoms in total. The molecule has 0 fully saturated rings. The zero-order valence-corrected chi connectivity index (χ0v) is 11.8. The topological polar surface area (TPSA) is 38.9 Å². The molecule has 1 atom stereocenters. The molecule has 0 amide bonds. The Kier molecular flexibility index (Phi) is 3.51. The SMILES string of the molecule is NC(Cc1ccncc1Cl)c1csc2ccccc12. The number of hydrogen-bond donors (Lipinski definition) is 1. The Balaban J connectivity index is 1.92. The molecule has 1 aromatic carbocycles. The maximum atomic E-state index is 6.33. The number of aromatic nitrogens is 1. The molecular weight excluding hydrogens is 276 g/mol. The molecule has 4 heteroatoms. The van der Waals surface area contributed by atoms with Crippen molar-refractivity contribution in [3.63, 3.8) is 0 Å². The highest BCUT2D eigenvalue weighted by atomic mass is 35.5. The smallest absolute Gasteiger partial charge is 0.0622 e. The standard InChI is InChI=1S/C15H13ClN2S/c16-13-8-18-6-5-10(13)7-14(17)12-9-19-15-4-2-1-3-11(12)15/h1-6,8-9,14H,7,17H2. The Hall–Kier alpha value is -1.42. The summed E-state index contributed by atoms with van der Waals surface area (Å²) in [6, 6.07) is 10.2. The fourth-order valence-corrected chi connectivity index (χ4v) is 3.42. The van der Waals surface area contributed by atoms with Gasteiger partial charge in [-0.2, -0.15) is 0 Å². The normalized spacial score (nSPS) is 12.7. The monoisotopic (exact) mass is 288 g/mol. The van der Waals surface area contributed by atoms with Crippen molar-refractivity contribution in [3.8, 4) is 0 Å². The summed E-state index contributed by atoms with van der Waals surface area (Å²) in [5.41, 5.74) is 8.56. The first-order chi connectivity index (χ1) is 9.25. The third-order valence-corrected chi connectivity index (χ3v) is 4.53. The van der Waals surface area contributed by atoms with Crippen LogP contribution in [0.15, 0.2) is 48.1 Å². The zero-order valence-electron chi connectivity index (χ0n) is 10.2. The van der Waals surface area contributed by atoms with Gasteiger partial charge in [0.05, 0.1) is 5.02 Å². The van der Waals surface area contributed by atoms with Crippen LogP contribution in [0.25, 0.3) is 10.1 Å². The molecule has 0 aliphatic rings. The van der Waals surface area contributed by atoms with E-state index in [-0.39, 0.29) is 6.04 Å². The summed E-state index contributed by atoms with van der Waals surface area (Å²) in [5.74, 6) is 0. The lowest BCUT2D eigenvalue weighted by atomic mass is 10.00. The molecule has 2 heterocycles. The van der Waals surface area contributed by atoms with Gasteiger partial charge in [0.1, 0.15) is 0 Å². The summed E-state index contributed by atoms with van der Waals surface area (Å²) < 4.78 is 1.27. The number of fused-ring (bicyclic) bond motifs is 1. The van der Waals surface area contributed by atoms with E-state index in [1.807, 2.05) is 18.2 Å². The predicted molar refractivity (Wildman–Crippen MR) is 81.7 cm³/mol. The van der Waals surface area contributed by atoms with Gasteiger partial charge in [0, 0.05) is 23.1 Å². The van der Waals surface area contributed by atoms with Gasteiger partial charge in [-0.1, -0.05) is 29.8 Å². The van der Waals surface area contributed by atoms with Crippen LogP contribution >= 0.6 is 22.9 Å². The van der Waals surface area contributed by atoms with Crippen LogP contribution in [0.3, 0.4) is 0 Å². The van der Waals surface area contributed by atoms with Crippen LogP contribution in [-0.4, -0.2) is 4.98 Å². The fourth-order valence-electron chi connectivity index (χ4n) is 2.20. The zero-order chi connectivity index (χ0) is 13.2. The molecular formula is C15H13ClN2S. The summed E-state index contributed by atoms with van der Waals surface area (Å²) >= 11 is 7.86. The first-order valence-electron chi connectivity index (χ1n) is 6.06. The number of nitrogens with two attached hydrogens (primary N) is 1. The number of nitrogens with zero attached hydrogens (tertiary/aromatic N) is 1. The van der Waals surface area contributed by atoms with Crippen LogP contribution in [0, 0.1) is 0 Å². The number of rotatable bonds is 3. The van der Waals surface area contributed by atoms with Crippen LogP contribution in [0.2, 0.25) is 5.02 Å². The van der Waals surface area contributed by atoms with E-state index in [0.717, 1.165) is 12.0 Å². The molecule has 0 spiro atoms. The molecule has 0 aliphatic carbocycles. The van der Waals surface area contributed by atoms with Crippen molar-refractivity contribution in [1.29, 1.82) is 0 Å². The highest BCUT2D eigenvalue weighted by Crippen LogP contribution is 2.31. The molecule has 19 heavy (non-hydrogen) atoms. The number of halogens is 1. The Morgan fingerprint density at radius 1 is 1.26 bits per heavy atom. The minimum absolute atomic E-state index is 0.0453. The summed E-state index contributed by atoms with van der Waals surface area (Å²) in [6.45, 7) is 0. The van der Waals surface area contributed by atoms with E-state index < -0.39 is 0 Å². The van der Waals surface area contributed by atoms with E-state index in [0.29, 0.717) is 5.02 Å². The lowest BCUT2D eigenvalue weighted by molar-refractivity contribution is 0.729. The summed E-state index contributed by atoms with van der Waals surface area (Å²) in [5, 5.41) is 4.06. The molecule has 0 saturated heterocycles. The summed E-state index contributed by atoms with van der Waals surface area (Å²) in [6.07, 6.45) is 4.14. The highest BCUT2D eigenvalue weighted by Gasteiger charge is 2.13. The van der Waals surface area contributed by atoms with Crippen molar-refractivity contribution >= 4 is 33.0 Å². The van der Waals surface area contributed by atoms with Gasteiger partial charge in [-0.05, 0) is 40.4 Å². The average molecular weight is 289 g/mol. The first-order valence-corrected chi connectivity index (χ1v) is 7.31. The van der Waals surface area contributed by atoms with Crippen LogP contribution in [0.1, 0.15) is 17.2 Å². The van der Waals surface area contributed by atoms with E-state index in [2.05, 4.69) is 22.5 Å². The van der Waals surface area contributed by atoms with Crippen molar-refractivity contribution in [3.05, 3.63) is 64.3 Å². The molecule has 3 aromatic rings. The molecule has 3 rings (SSSR count). The van der Waals surface area contributed by atoms with Crippen molar-refractivity contribution in [2.75, 3.05) is 0 Å². The second-order valence-electron chi connectivity index (χ2n) is 4.46. The van der Waals surface area contributed by atoms with Gasteiger partial charge < -0.3 is 5.73 Å². The predicted octanol–water partition coefficient (Wildman–Crippen LogP) is 4.19. The second-order valence-corrected chi connectivity index (χ2v) is 5.78. The lowest BCUT2D eigenvalue weighted by Gasteiger charge is -2.12. The molecule has 2 aromatic heterocycles. The van der Waals surface area contributed by atoms with Gasteiger partial charge in [0.2, 0.25) is 0 Å². The van der Waals surface area contributed by atoms with E-state index in [1.165, 1.54) is 15.6 Å². The third kappa shape index (κ3) is 2.50. The number of thiophene rings is 1. The molecule has 0 radical (unpaired) electrons. The Bertz CT molecular complexity index is 708. The van der Waals surface area contributed by atoms with E-state index in [4.69, 9.17) is 17.3 Å². The first kappa shape index (κ1) is 12.6. The van der Waals surface area contributed by atoms with Crippen LogP contribution in [0.4, 0.5) is 0 Å². The number of pyridine rings is 1. The van der Waals surface area contributed by atoms with Gasteiger partial charge in [-0.15, -0.1) is 11.3 Å². The van der Waals surface area contributed by atoms with Gasteiger partial charge in [0.25, 0.3) is 0 Å². The number of hydrogen-bond acceptors (Lipinski definition) is 3.